The summed E-state index contributed by atoms with van der Waals surface area (Å²) in [5.41, 5.74) is 2.26. The number of piperidine rings is 1. The maximum atomic E-state index is 12.9. The lowest BCUT2D eigenvalue weighted by molar-refractivity contribution is -0.131. The van der Waals surface area contributed by atoms with Crippen molar-refractivity contribution in [3.8, 4) is 11.5 Å². The van der Waals surface area contributed by atoms with Crippen molar-refractivity contribution in [3.63, 3.8) is 0 Å². The van der Waals surface area contributed by atoms with E-state index < -0.39 is 0 Å². The third-order valence-electron chi connectivity index (χ3n) is 5.35. The Labute approximate surface area is 175 Å². The van der Waals surface area contributed by atoms with Gasteiger partial charge in [0, 0.05) is 18.7 Å². The molecule has 1 atom stereocenters. The zero-order valence-corrected chi connectivity index (χ0v) is 17.3. The fourth-order valence-electron chi connectivity index (χ4n) is 3.72. The van der Waals surface area contributed by atoms with E-state index in [4.69, 9.17) is 4.42 Å². The Hall–Kier alpha value is -2.60. The quantitative estimate of drug-likeness (QED) is 0.555. The molecule has 0 bridgehead atoms. The number of carbonyl (C=O) groups excluding carboxylic acids is 1. The van der Waals surface area contributed by atoms with Gasteiger partial charge in [-0.3, -0.25) is 4.79 Å². The molecule has 1 aromatic heterocycles. The van der Waals surface area contributed by atoms with Crippen LogP contribution in [0.3, 0.4) is 0 Å². The van der Waals surface area contributed by atoms with E-state index >= 15 is 0 Å². The Bertz CT molecular complexity index is 922. The Balaban J connectivity index is 1.28. The molecule has 5 nitrogen and oxygen atoms in total. The predicted molar refractivity (Wildman–Crippen MR) is 115 cm³/mol. The number of rotatable bonds is 6. The molecule has 0 spiro atoms. The first-order valence-electron chi connectivity index (χ1n) is 10.1. The van der Waals surface area contributed by atoms with Gasteiger partial charge in [-0.2, -0.15) is 0 Å². The standard InChI is InChI=1S/C23H25N3O2S/c1-17(29-23-25-24-21(28-23)20-10-6-3-7-11-20)22(27)26-14-12-19(13-15-26)16-18-8-4-2-5-9-18/h2-11,17,19H,12-16H2,1H3. The topological polar surface area (TPSA) is 59.2 Å². The maximum absolute atomic E-state index is 12.9. The second-order valence-electron chi connectivity index (χ2n) is 7.46. The van der Waals surface area contributed by atoms with E-state index in [1.807, 2.05) is 42.2 Å². The molecule has 6 heteroatoms. The number of thioether (sulfide) groups is 1. The number of benzene rings is 2. The van der Waals surface area contributed by atoms with Gasteiger partial charge in [0.25, 0.3) is 5.22 Å². The van der Waals surface area contributed by atoms with Gasteiger partial charge < -0.3 is 9.32 Å². The van der Waals surface area contributed by atoms with Crippen LogP contribution in [0.2, 0.25) is 0 Å². The molecule has 3 aromatic rings. The Morgan fingerprint density at radius 3 is 2.41 bits per heavy atom. The first kappa shape index (κ1) is 19.7. The van der Waals surface area contributed by atoms with Crippen LogP contribution in [-0.4, -0.2) is 39.3 Å². The number of likely N-dealkylation sites (tertiary alicyclic amines) is 1. The van der Waals surface area contributed by atoms with E-state index in [1.165, 1.54) is 17.3 Å². The smallest absolute Gasteiger partial charge is 0.277 e. The van der Waals surface area contributed by atoms with Gasteiger partial charge in [-0.25, -0.2) is 0 Å². The molecule has 1 aliphatic rings. The Morgan fingerprint density at radius 1 is 1.07 bits per heavy atom. The Morgan fingerprint density at radius 2 is 1.72 bits per heavy atom. The molecule has 0 N–H and O–H groups in total. The van der Waals surface area contributed by atoms with Crippen LogP contribution < -0.4 is 0 Å². The summed E-state index contributed by atoms with van der Waals surface area (Å²) in [6, 6.07) is 20.3. The average molecular weight is 408 g/mol. The molecule has 0 aliphatic carbocycles. The van der Waals surface area contributed by atoms with Gasteiger partial charge in [-0.15, -0.1) is 10.2 Å². The van der Waals surface area contributed by atoms with Crippen molar-refractivity contribution in [1.82, 2.24) is 15.1 Å². The lowest BCUT2D eigenvalue weighted by atomic mass is 9.90. The lowest BCUT2D eigenvalue weighted by Gasteiger charge is -2.33. The number of aromatic nitrogens is 2. The van der Waals surface area contributed by atoms with Gasteiger partial charge in [0.05, 0.1) is 5.25 Å². The molecule has 150 valence electrons. The van der Waals surface area contributed by atoms with E-state index in [0.29, 0.717) is 17.0 Å². The maximum Gasteiger partial charge on any atom is 0.277 e. The number of carbonyl (C=O) groups is 1. The lowest BCUT2D eigenvalue weighted by Crippen LogP contribution is -2.42. The number of nitrogens with zero attached hydrogens (tertiary/aromatic N) is 3. The highest BCUT2D eigenvalue weighted by Crippen LogP contribution is 2.28. The molecule has 1 saturated heterocycles. The van der Waals surface area contributed by atoms with Crippen LogP contribution in [0.1, 0.15) is 25.3 Å². The zero-order chi connectivity index (χ0) is 20.1. The molecule has 1 amide bonds. The number of hydrogen-bond acceptors (Lipinski definition) is 5. The van der Waals surface area contributed by atoms with E-state index in [0.717, 1.165) is 37.9 Å². The summed E-state index contributed by atoms with van der Waals surface area (Å²) in [6.07, 6.45) is 3.20. The van der Waals surface area contributed by atoms with Crippen molar-refractivity contribution < 1.29 is 9.21 Å². The van der Waals surface area contributed by atoms with Crippen molar-refractivity contribution in [3.05, 3.63) is 66.2 Å². The highest BCUT2D eigenvalue weighted by atomic mass is 32.2. The predicted octanol–water partition coefficient (Wildman–Crippen LogP) is 4.70. The third-order valence-corrected chi connectivity index (χ3v) is 6.27. The van der Waals surface area contributed by atoms with Crippen molar-refractivity contribution >= 4 is 17.7 Å². The molecule has 29 heavy (non-hydrogen) atoms. The summed E-state index contributed by atoms with van der Waals surface area (Å²) in [6.45, 7) is 3.55. The molecule has 1 fully saturated rings. The van der Waals surface area contributed by atoms with Crippen LogP contribution in [0.25, 0.3) is 11.5 Å². The van der Waals surface area contributed by atoms with Crippen molar-refractivity contribution in [2.24, 2.45) is 5.92 Å². The van der Waals surface area contributed by atoms with Gasteiger partial charge in [-0.1, -0.05) is 60.3 Å². The SMILES string of the molecule is CC(Sc1nnc(-c2ccccc2)o1)C(=O)N1CCC(Cc2ccccc2)CC1. The van der Waals surface area contributed by atoms with Gasteiger partial charge in [0.15, 0.2) is 0 Å². The van der Waals surface area contributed by atoms with E-state index in [2.05, 4.69) is 40.5 Å². The summed E-state index contributed by atoms with van der Waals surface area (Å²) in [5.74, 6) is 1.27. The minimum atomic E-state index is -0.246. The van der Waals surface area contributed by atoms with Crippen LogP contribution in [0, 0.1) is 5.92 Å². The summed E-state index contributed by atoms with van der Waals surface area (Å²) < 4.78 is 5.73. The summed E-state index contributed by atoms with van der Waals surface area (Å²) in [4.78, 5) is 14.8. The van der Waals surface area contributed by atoms with E-state index in [-0.39, 0.29) is 11.2 Å². The second-order valence-corrected chi connectivity index (χ2v) is 8.75. The molecule has 1 aliphatic heterocycles. The highest BCUT2D eigenvalue weighted by molar-refractivity contribution is 8.00. The normalized spacial score (nSPS) is 16.0. The fraction of sp³-hybridized carbons (Fsp3) is 0.348. The molecule has 0 saturated carbocycles. The van der Waals surface area contributed by atoms with E-state index in [9.17, 15) is 4.79 Å². The molecule has 2 heterocycles. The van der Waals surface area contributed by atoms with Gasteiger partial charge in [-0.05, 0) is 49.8 Å². The number of amides is 1. The van der Waals surface area contributed by atoms with Crippen LogP contribution in [0.5, 0.6) is 0 Å². The van der Waals surface area contributed by atoms with Crippen molar-refractivity contribution in [2.45, 2.75) is 36.7 Å². The van der Waals surface area contributed by atoms with Crippen LogP contribution >= 0.6 is 11.8 Å². The second kappa shape index (κ2) is 9.27. The average Bonchev–Trinajstić information content (AvgIpc) is 3.23. The minimum Gasteiger partial charge on any atom is -0.411 e. The van der Waals surface area contributed by atoms with E-state index in [1.54, 1.807) is 0 Å². The zero-order valence-electron chi connectivity index (χ0n) is 16.5. The third kappa shape index (κ3) is 5.07. The van der Waals surface area contributed by atoms with Crippen LogP contribution in [0.4, 0.5) is 0 Å². The van der Waals surface area contributed by atoms with Crippen molar-refractivity contribution in [1.29, 1.82) is 0 Å². The van der Waals surface area contributed by atoms with Gasteiger partial charge in [0.1, 0.15) is 0 Å². The summed E-state index contributed by atoms with van der Waals surface area (Å²) in [7, 11) is 0. The molecule has 2 aromatic carbocycles. The first-order chi connectivity index (χ1) is 14.2. The summed E-state index contributed by atoms with van der Waals surface area (Å²) >= 11 is 1.33. The first-order valence-corrected chi connectivity index (χ1v) is 11.0. The molecule has 1 unspecified atom stereocenters. The van der Waals surface area contributed by atoms with Gasteiger partial charge in [0.2, 0.25) is 11.8 Å². The van der Waals surface area contributed by atoms with Gasteiger partial charge >= 0.3 is 0 Å². The molecule has 4 rings (SSSR count). The van der Waals surface area contributed by atoms with Crippen molar-refractivity contribution in [2.75, 3.05) is 13.1 Å². The molecule has 0 radical (unpaired) electrons. The fourth-order valence-corrected chi connectivity index (χ4v) is 4.49. The van der Waals surface area contributed by atoms with Crippen LogP contribution in [-0.2, 0) is 11.2 Å². The largest absolute Gasteiger partial charge is 0.411 e. The molecular weight excluding hydrogens is 382 g/mol. The highest BCUT2D eigenvalue weighted by Gasteiger charge is 2.27. The number of hydrogen-bond donors (Lipinski definition) is 0. The van der Waals surface area contributed by atoms with Crippen LogP contribution in [0.15, 0.2) is 70.3 Å². The minimum absolute atomic E-state index is 0.146. The monoisotopic (exact) mass is 407 g/mol. The Kier molecular flexibility index (Phi) is 6.30. The molecular formula is C23H25N3O2S. The summed E-state index contributed by atoms with van der Waals surface area (Å²) in [5, 5.41) is 8.38.